The van der Waals surface area contributed by atoms with Crippen molar-refractivity contribution in [3.05, 3.63) is 35.1 Å². The van der Waals surface area contributed by atoms with Crippen LogP contribution in [0.5, 0.6) is 0 Å². The van der Waals surface area contributed by atoms with Crippen molar-refractivity contribution >= 4 is 10.8 Å². The van der Waals surface area contributed by atoms with Crippen LogP contribution in [0.25, 0.3) is 0 Å². The first-order valence-corrected chi connectivity index (χ1v) is 7.05. The van der Waals surface area contributed by atoms with Crippen LogP contribution in [0.15, 0.2) is 18.2 Å². The Labute approximate surface area is 104 Å². The Morgan fingerprint density at radius 3 is 2.76 bits per heavy atom. The summed E-state index contributed by atoms with van der Waals surface area (Å²) in [7, 11) is -0.940. The highest BCUT2D eigenvalue weighted by Gasteiger charge is 2.07. The quantitative estimate of drug-likeness (QED) is 0.809. The van der Waals surface area contributed by atoms with Gasteiger partial charge in [-0.2, -0.15) is 5.26 Å². The molecule has 0 amide bonds. The standard InChI is InChI=1S/C13H16FNOS/c1-10(2)5-6-17(16)9-11-3-4-13(14)12(7-11)8-15/h3-4,7,10H,5-6,9H2,1-2H3. The van der Waals surface area contributed by atoms with E-state index in [9.17, 15) is 8.60 Å². The molecular formula is C13H16FNOS. The molecule has 1 rings (SSSR count). The summed E-state index contributed by atoms with van der Waals surface area (Å²) < 4.78 is 24.8. The Hall–Kier alpha value is -1.21. The third kappa shape index (κ3) is 4.66. The lowest BCUT2D eigenvalue weighted by molar-refractivity contribution is 0.618. The number of hydrogen-bond donors (Lipinski definition) is 0. The third-order valence-corrected chi connectivity index (χ3v) is 3.75. The zero-order valence-electron chi connectivity index (χ0n) is 10.1. The number of rotatable bonds is 5. The topological polar surface area (TPSA) is 40.9 Å². The van der Waals surface area contributed by atoms with Crippen molar-refractivity contribution < 1.29 is 8.60 Å². The second-order valence-corrected chi connectivity index (χ2v) is 5.97. The summed E-state index contributed by atoms with van der Waals surface area (Å²) >= 11 is 0. The second kappa shape index (κ2) is 6.51. The van der Waals surface area contributed by atoms with E-state index in [-0.39, 0.29) is 5.56 Å². The summed E-state index contributed by atoms with van der Waals surface area (Å²) in [6, 6.07) is 6.10. The fourth-order valence-electron chi connectivity index (χ4n) is 1.37. The summed E-state index contributed by atoms with van der Waals surface area (Å²) in [5, 5.41) is 8.69. The van der Waals surface area contributed by atoms with E-state index in [2.05, 4.69) is 13.8 Å². The van der Waals surface area contributed by atoms with E-state index in [0.717, 1.165) is 12.0 Å². The molecular weight excluding hydrogens is 237 g/mol. The van der Waals surface area contributed by atoms with Gasteiger partial charge in [-0.15, -0.1) is 0 Å². The molecule has 1 aromatic rings. The summed E-state index contributed by atoms with van der Waals surface area (Å²) in [6.07, 6.45) is 0.916. The van der Waals surface area contributed by atoms with Gasteiger partial charge in [0.25, 0.3) is 0 Å². The fraction of sp³-hybridized carbons (Fsp3) is 0.462. The largest absolute Gasteiger partial charge is 0.259 e. The van der Waals surface area contributed by atoms with Crippen LogP contribution in [0.3, 0.4) is 0 Å². The monoisotopic (exact) mass is 253 g/mol. The Kier molecular flexibility index (Phi) is 5.30. The molecule has 0 aliphatic heterocycles. The molecule has 4 heteroatoms. The van der Waals surface area contributed by atoms with Gasteiger partial charge in [0.15, 0.2) is 0 Å². The Morgan fingerprint density at radius 1 is 1.47 bits per heavy atom. The van der Waals surface area contributed by atoms with E-state index >= 15 is 0 Å². The molecule has 0 saturated carbocycles. The van der Waals surface area contributed by atoms with Crippen molar-refractivity contribution in [3.63, 3.8) is 0 Å². The van der Waals surface area contributed by atoms with Gasteiger partial charge in [0.2, 0.25) is 0 Å². The fourth-order valence-corrected chi connectivity index (χ4v) is 2.80. The molecule has 1 atom stereocenters. The molecule has 0 aromatic heterocycles. The molecule has 0 aliphatic rings. The van der Waals surface area contributed by atoms with Crippen molar-refractivity contribution in [2.45, 2.75) is 26.0 Å². The Morgan fingerprint density at radius 2 is 2.18 bits per heavy atom. The summed E-state index contributed by atoms with van der Waals surface area (Å²) in [5.74, 6) is 1.05. The van der Waals surface area contributed by atoms with Gasteiger partial charge in [0.05, 0.1) is 5.56 Å². The molecule has 0 radical (unpaired) electrons. The van der Waals surface area contributed by atoms with Gasteiger partial charge in [0.1, 0.15) is 11.9 Å². The van der Waals surface area contributed by atoms with Crippen LogP contribution in [0.1, 0.15) is 31.4 Å². The molecule has 92 valence electrons. The van der Waals surface area contributed by atoms with Crippen LogP contribution < -0.4 is 0 Å². The molecule has 1 aromatic carbocycles. The second-order valence-electron chi connectivity index (χ2n) is 4.40. The number of halogens is 1. The highest BCUT2D eigenvalue weighted by Crippen LogP contribution is 2.12. The highest BCUT2D eigenvalue weighted by atomic mass is 32.2. The lowest BCUT2D eigenvalue weighted by Crippen LogP contribution is -2.04. The first kappa shape index (κ1) is 13.9. The normalized spacial score (nSPS) is 12.4. The maximum Gasteiger partial charge on any atom is 0.140 e. The lowest BCUT2D eigenvalue weighted by Gasteiger charge is -2.05. The molecule has 0 fully saturated rings. The SMILES string of the molecule is CC(C)CCS(=O)Cc1ccc(F)c(C#N)c1. The van der Waals surface area contributed by atoms with Gasteiger partial charge in [-0.25, -0.2) is 4.39 Å². The first-order chi connectivity index (χ1) is 8.02. The maximum atomic E-state index is 13.1. The number of nitriles is 1. The van der Waals surface area contributed by atoms with Crippen LogP contribution in [0, 0.1) is 23.1 Å². The molecule has 0 saturated heterocycles. The van der Waals surface area contributed by atoms with Crippen molar-refractivity contribution in [2.75, 3.05) is 5.75 Å². The molecule has 17 heavy (non-hydrogen) atoms. The minimum atomic E-state index is -0.940. The molecule has 0 N–H and O–H groups in total. The van der Waals surface area contributed by atoms with Crippen LogP contribution in [-0.2, 0) is 16.6 Å². The van der Waals surface area contributed by atoms with Crippen LogP contribution >= 0.6 is 0 Å². The van der Waals surface area contributed by atoms with Gasteiger partial charge in [0, 0.05) is 22.3 Å². The van der Waals surface area contributed by atoms with Crippen molar-refractivity contribution in [1.82, 2.24) is 0 Å². The minimum absolute atomic E-state index is 0.0170. The summed E-state index contributed by atoms with van der Waals surface area (Å²) in [4.78, 5) is 0. The summed E-state index contributed by atoms with van der Waals surface area (Å²) in [5.41, 5.74) is 0.772. The smallest absolute Gasteiger partial charge is 0.140 e. The predicted molar refractivity (Wildman–Crippen MR) is 67.3 cm³/mol. The number of nitrogens with zero attached hydrogens (tertiary/aromatic N) is 1. The van der Waals surface area contributed by atoms with Crippen molar-refractivity contribution in [1.29, 1.82) is 5.26 Å². The van der Waals surface area contributed by atoms with Crippen molar-refractivity contribution in [3.8, 4) is 6.07 Å². The van der Waals surface area contributed by atoms with E-state index in [1.165, 1.54) is 12.1 Å². The molecule has 0 bridgehead atoms. The molecule has 0 spiro atoms. The lowest BCUT2D eigenvalue weighted by atomic mass is 10.1. The van der Waals surface area contributed by atoms with Gasteiger partial charge in [-0.1, -0.05) is 19.9 Å². The van der Waals surface area contributed by atoms with Crippen LogP contribution in [0.2, 0.25) is 0 Å². The maximum absolute atomic E-state index is 13.1. The van der Waals surface area contributed by atoms with E-state index in [1.54, 1.807) is 12.1 Å². The predicted octanol–water partition coefficient (Wildman–Crippen LogP) is 2.99. The molecule has 1 unspecified atom stereocenters. The highest BCUT2D eigenvalue weighted by molar-refractivity contribution is 7.84. The van der Waals surface area contributed by atoms with Gasteiger partial charge >= 0.3 is 0 Å². The van der Waals surface area contributed by atoms with Crippen molar-refractivity contribution in [2.24, 2.45) is 5.92 Å². The van der Waals surface area contributed by atoms with Crippen LogP contribution in [0.4, 0.5) is 4.39 Å². The summed E-state index contributed by atoms with van der Waals surface area (Å²) in [6.45, 7) is 4.17. The third-order valence-electron chi connectivity index (χ3n) is 2.40. The molecule has 0 aliphatic carbocycles. The average Bonchev–Trinajstić information content (AvgIpc) is 2.29. The van der Waals surface area contributed by atoms with Crippen LogP contribution in [-0.4, -0.2) is 9.96 Å². The number of hydrogen-bond acceptors (Lipinski definition) is 2. The first-order valence-electron chi connectivity index (χ1n) is 5.56. The molecule has 0 heterocycles. The minimum Gasteiger partial charge on any atom is -0.259 e. The zero-order chi connectivity index (χ0) is 12.8. The Bertz CT molecular complexity index is 451. The van der Waals surface area contributed by atoms with Gasteiger partial charge < -0.3 is 0 Å². The Balaban J connectivity index is 2.63. The van der Waals surface area contributed by atoms with E-state index in [0.29, 0.717) is 17.4 Å². The number of benzene rings is 1. The van der Waals surface area contributed by atoms with E-state index < -0.39 is 16.6 Å². The van der Waals surface area contributed by atoms with Gasteiger partial charge in [-0.3, -0.25) is 4.21 Å². The molecule has 2 nitrogen and oxygen atoms in total. The van der Waals surface area contributed by atoms with E-state index in [1.807, 2.05) is 0 Å². The van der Waals surface area contributed by atoms with E-state index in [4.69, 9.17) is 5.26 Å². The van der Waals surface area contributed by atoms with Gasteiger partial charge in [-0.05, 0) is 30.0 Å². The average molecular weight is 253 g/mol. The zero-order valence-corrected chi connectivity index (χ0v) is 10.9.